The van der Waals surface area contributed by atoms with E-state index < -0.39 is 0 Å². The van der Waals surface area contributed by atoms with Gasteiger partial charge in [-0.15, -0.1) is 5.10 Å². The van der Waals surface area contributed by atoms with Gasteiger partial charge < -0.3 is 8.94 Å². The van der Waals surface area contributed by atoms with E-state index in [9.17, 15) is 0 Å². The molecule has 0 spiro atoms. The van der Waals surface area contributed by atoms with Crippen LogP contribution in [-0.2, 0) is 0 Å². The van der Waals surface area contributed by atoms with Crippen LogP contribution in [0.1, 0.15) is 0 Å². The molecule has 4 aromatic heterocycles. The minimum Gasteiger partial charge on any atom is -0.452 e. The van der Waals surface area contributed by atoms with E-state index in [0.29, 0.717) is 0 Å². The number of hydrogen-bond donors (Lipinski definition) is 0. The highest BCUT2D eigenvalue weighted by atomic mass is 16.5. The average molecular weight is 269 g/mol. The van der Waals surface area contributed by atoms with Gasteiger partial charge in [-0.3, -0.25) is 0 Å². The number of nitrogens with zero attached hydrogens (tertiary/aromatic N) is 5. The number of pyridine rings is 2. The van der Waals surface area contributed by atoms with Crippen molar-refractivity contribution in [2.24, 2.45) is 0 Å². The van der Waals surface area contributed by atoms with E-state index in [-0.39, 0.29) is 0 Å². The minimum absolute atomic E-state index is 0.810. The fourth-order valence-electron chi connectivity index (χ4n) is 1.22. The Kier molecular flexibility index (Phi) is 5.40. The van der Waals surface area contributed by atoms with Crippen LogP contribution in [0.5, 0.6) is 0 Å². The molecule has 0 bridgehead atoms. The second kappa shape index (κ2) is 8.09. The lowest BCUT2D eigenvalue weighted by molar-refractivity contribution is 0.393. The summed E-state index contributed by atoms with van der Waals surface area (Å²) in [7, 11) is 0. The van der Waals surface area contributed by atoms with Crippen molar-refractivity contribution in [3.63, 3.8) is 0 Å². The average Bonchev–Trinajstić information content (AvgIpc) is 3.25. The zero-order valence-corrected chi connectivity index (χ0v) is 10.4. The predicted molar refractivity (Wildman–Crippen MR) is 70.3 cm³/mol. The largest absolute Gasteiger partial charge is 0.452 e. The summed E-state index contributed by atoms with van der Waals surface area (Å²) >= 11 is 0. The molecular weight excluding hydrogens is 258 g/mol. The molecule has 0 aromatic carbocycles. The molecular formula is C13H11N5O2. The quantitative estimate of drug-likeness (QED) is 0.484. The highest BCUT2D eigenvalue weighted by Gasteiger charge is 1.88. The summed E-state index contributed by atoms with van der Waals surface area (Å²) in [4.78, 5) is 11.7. The molecule has 0 fully saturated rings. The Morgan fingerprint density at radius 1 is 0.850 bits per heavy atom. The molecule has 0 aliphatic carbocycles. The van der Waals surface area contributed by atoms with Crippen LogP contribution in [0.15, 0.2) is 76.9 Å². The summed E-state index contributed by atoms with van der Waals surface area (Å²) in [5.74, 6) is 0. The second-order valence-corrected chi connectivity index (χ2v) is 3.32. The van der Waals surface area contributed by atoms with Crippen LogP contribution >= 0.6 is 0 Å². The number of aromatic nitrogens is 5. The lowest BCUT2D eigenvalue weighted by atomic mass is 10.3. The zero-order chi connectivity index (χ0) is 13.9. The standard InChI is InChI=1S/C8H6N2.C3H3NO.C2H2N2O/c1-3-7-4-2-6-10-8(7)9-5-1;1-2-5-3-4-1;1-2-5-4-3-1/h1-6H;1-3H;1-2H. The fourth-order valence-corrected chi connectivity index (χ4v) is 1.22. The van der Waals surface area contributed by atoms with Crippen LogP contribution in [0.4, 0.5) is 0 Å². The van der Waals surface area contributed by atoms with Gasteiger partial charge in [0, 0.05) is 23.1 Å². The number of fused-ring (bicyclic) bond motifs is 1. The first kappa shape index (κ1) is 13.3. The third kappa shape index (κ3) is 4.65. The maximum Gasteiger partial charge on any atom is 0.180 e. The summed E-state index contributed by atoms with van der Waals surface area (Å²) in [5, 5.41) is 7.49. The number of oxazole rings is 1. The topological polar surface area (TPSA) is 90.7 Å². The summed E-state index contributed by atoms with van der Waals surface area (Å²) < 4.78 is 8.69. The molecule has 7 heteroatoms. The highest BCUT2D eigenvalue weighted by molar-refractivity contribution is 5.73. The first-order chi connectivity index (χ1) is 9.97. The predicted octanol–water partition coefficient (Wildman–Crippen LogP) is 2.37. The molecule has 0 saturated heterocycles. The van der Waals surface area contributed by atoms with E-state index in [0.717, 1.165) is 11.0 Å². The van der Waals surface area contributed by atoms with Crippen molar-refractivity contribution in [1.29, 1.82) is 0 Å². The minimum atomic E-state index is 0.810. The van der Waals surface area contributed by atoms with Crippen LogP contribution in [-0.4, -0.2) is 25.3 Å². The first-order valence-electron chi connectivity index (χ1n) is 5.66. The second-order valence-electron chi connectivity index (χ2n) is 3.32. The van der Waals surface area contributed by atoms with E-state index in [2.05, 4.69) is 34.3 Å². The van der Waals surface area contributed by atoms with Crippen molar-refractivity contribution in [3.05, 3.63) is 68.0 Å². The molecule has 20 heavy (non-hydrogen) atoms. The summed E-state index contributed by atoms with van der Waals surface area (Å²) in [6.45, 7) is 0. The molecule has 0 aliphatic heterocycles. The van der Waals surface area contributed by atoms with Crippen LogP contribution in [0.25, 0.3) is 11.0 Å². The van der Waals surface area contributed by atoms with E-state index in [1.165, 1.54) is 25.1 Å². The van der Waals surface area contributed by atoms with Crippen LogP contribution in [0.3, 0.4) is 0 Å². The lowest BCUT2D eigenvalue weighted by Gasteiger charge is -1.90. The Balaban J connectivity index is 0.000000124. The van der Waals surface area contributed by atoms with Crippen molar-refractivity contribution in [2.75, 3.05) is 0 Å². The van der Waals surface area contributed by atoms with Crippen LogP contribution in [0.2, 0.25) is 0 Å². The molecule has 0 saturated carbocycles. The molecule has 4 aromatic rings. The molecule has 0 atom stereocenters. The Hall–Kier alpha value is -3.09. The Labute approximate surface area is 114 Å². The Bertz CT molecular complexity index is 557. The number of rotatable bonds is 0. The highest BCUT2D eigenvalue weighted by Crippen LogP contribution is 2.04. The van der Waals surface area contributed by atoms with Crippen LogP contribution < -0.4 is 0 Å². The summed E-state index contributed by atoms with van der Waals surface area (Å²) in [5.41, 5.74) is 0.810. The maximum absolute atomic E-state index is 4.47. The van der Waals surface area contributed by atoms with Crippen molar-refractivity contribution in [2.45, 2.75) is 0 Å². The molecule has 0 radical (unpaired) electrons. The third-order valence-electron chi connectivity index (χ3n) is 2.01. The molecule has 4 rings (SSSR count). The van der Waals surface area contributed by atoms with Gasteiger partial charge in [0.15, 0.2) is 12.0 Å². The van der Waals surface area contributed by atoms with Gasteiger partial charge in [-0.1, -0.05) is 0 Å². The molecule has 7 nitrogen and oxygen atoms in total. The van der Waals surface area contributed by atoms with E-state index in [4.69, 9.17) is 0 Å². The third-order valence-corrected chi connectivity index (χ3v) is 2.01. The maximum atomic E-state index is 4.47. The van der Waals surface area contributed by atoms with Crippen molar-refractivity contribution >= 4 is 11.0 Å². The molecule has 100 valence electrons. The molecule has 4 heterocycles. The van der Waals surface area contributed by atoms with Crippen LogP contribution in [0, 0.1) is 0 Å². The molecule has 0 amide bonds. The fraction of sp³-hybridized carbons (Fsp3) is 0. The monoisotopic (exact) mass is 269 g/mol. The van der Waals surface area contributed by atoms with Crippen molar-refractivity contribution in [1.82, 2.24) is 25.3 Å². The summed E-state index contributed by atoms with van der Waals surface area (Å²) in [6, 6.07) is 7.80. The molecule has 0 N–H and O–H groups in total. The van der Waals surface area contributed by atoms with Gasteiger partial charge in [0.05, 0.1) is 12.4 Å². The van der Waals surface area contributed by atoms with Crippen molar-refractivity contribution < 1.29 is 8.94 Å². The van der Waals surface area contributed by atoms with Gasteiger partial charge in [0.1, 0.15) is 12.5 Å². The lowest BCUT2D eigenvalue weighted by Crippen LogP contribution is -1.78. The van der Waals surface area contributed by atoms with Gasteiger partial charge >= 0.3 is 0 Å². The van der Waals surface area contributed by atoms with Crippen molar-refractivity contribution in [3.8, 4) is 0 Å². The Morgan fingerprint density at radius 2 is 1.65 bits per heavy atom. The number of hydrogen-bond acceptors (Lipinski definition) is 7. The molecule has 0 aliphatic rings. The van der Waals surface area contributed by atoms with Gasteiger partial charge in [0.25, 0.3) is 0 Å². The van der Waals surface area contributed by atoms with Gasteiger partial charge in [0.2, 0.25) is 0 Å². The summed E-state index contributed by atoms with van der Waals surface area (Å²) in [6.07, 6.45) is 10.8. The first-order valence-corrected chi connectivity index (χ1v) is 5.66. The zero-order valence-electron chi connectivity index (χ0n) is 10.4. The van der Waals surface area contributed by atoms with E-state index >= 15 is 0 Å². The SMILES string of the molecule is c1cnc2ncccc2c1.c1cocn1.c1conn1. The Morgan fingerprint density at radius 3 is 2.00 bits per heavy atom. The van der Waals surface area contributed by atoms with Gasteiger partial charge in [-0.2, -0.15) is 0 Å². The van der Waals surface area contributed by atoms with Gasteiger partial charge in [-0.25, -0.2) is 15.0 Å². The normalized spacial score (nSPS) is 9.00. The van der Waals surface area contributed by atoms with E-state index in [1.807, 2.05) is 24.3 Å². The molecule has 0 unspecified atom stereocenters. The van der Waals surface area contributed by atoms with E-state index in [1.54, 1.807) is 18.6 Å². The van der Waals surface area contributed by atoms with Gasteiger partial charge in [-0.05, 0) is 24.3 Å². The smallest absolute Gasteiger partial charge is 0.180 e.